The van der Waals surface area contributed by atoms with Gasteiger partial charge in [-0.2, -0.15) is 5.26 Å². The molecule has 0 amide bonds. The van der Waals surface area contributed by atoms with E-state index in [4.69, 9.17) is 0 Å². The van der Waals surface area contributed by atoms with Crippen LogP contribution in [-0.2, 0) is 0 Å². The maximum atomic E-state index is 9.41. The quantitative estimate of drug-likeness (QED) is 0.838. The summed E-state index contributed by atoms with van der Waals surface area (Å²) >= 11 is 3.42. The van der Waals surface area contributed by atoms with E-state index in [-0.39, 0.29) is 0 Å². The predicted octanol–water partition coefficient (Wildman–Crippen LogP) is 3.67. The highest BCUT2D eigenvalue weighted by Crippen LogP contribution is 2.27. The summed E-state index contributed by atoms with van der Waals surface area (Å²) in [6.07, 6.45) is 4.62. The Morgan fingerprint density at radius 1 is 1.27 bits per heavy atom. The molecule has 0 aliphatic carbocycles. The summed E-state index contributed by atoms with van der Waals surface area (Å²) < 4.78 is 1.01. The Kier molecular flexibility index (Phi) is 4.44. The summed E-state index contributed by atoms with van der Waals surface area (Å²) in [5.41, 5.74) is 1.26. The van der Waals surface area contributed by atoms with Crippen LogP contribution in [0.5, 0.6) is 0 Å². The average molecular weight is 360 g/mol. The van der Waals surface area contributed by atoms with Crippen LogP contribution in [-0.4, -0.2) is 27.6 Å². The lowest BCUT2D eigenvalue weighted by molar-refractivity contribution is 0.446. The third-order valence-electron chi connectivity index (χ3n) is 4.13. The lowest BCUT2D eigenvalue weighted by atomic mass is 10.00. The van der Waals surface area contributed by atoms with Gasteiger partial charge in [0.15, 0.2) is 5.82 Å². The van der Waals surface area contributed by atoms with E-state index >= 15 is 0 Å². The number of hydrogen-bond donors (Lipinski definition) is 0. The van der Waals surface area contributed by atoms with Crippen molar-refractivity contribution in [2.45, 2.75) is 38.6 Å². The molecule has 1 aromatic carbocycles. The van der Waals surface area contributed by atoms with Crippen molar-refractivity contribution < 1.29 is 0 Å². The SMILES string of the molecule is CCC1CCCCN1c1nn(-c2ccc(Br)cc2)nc1C#N. The Balaban J connectivity index is 1.98. The van der Waals surface area contributed by atoms with Crippen LogP contribution in [0.2, 0.25) is 0 Å². The highest BCUT2D eigenvalue weighted by molar-refractivity contribution is 9.10. The standard InChI is InChI=1S/C16H18BrN5/c1-2-13-5-3-4-10-21(13)16-15(11-18)19-22(20-16)14-8-6-12(17)7-9-14/h6-9,13H,2-5,10H2,1H3. The van der Waals surface area contributed by atoms with Crippen LogP contribution in [0.4, 0.5) is 5.82 Å². The van der Waals surface area contributed by atoms with E-state index in [1.54, 1.807) is 4.80 Å². The smallest absolute Gasteiger partial charge is 0.207 e. The van der Waals surface area contributed by atoms with Crippen molar-refractivity contribution in [3.63, 3.8) is 0 Å². The molecule has 1 aliphatic heterocycles. The van der Waals surface area contributed by atoms with Crippen LogP contribution in [0.25, 0.3) is 5.69 Å². The van der Waals surface area contributed by atoms with Gasteiger partial charge in [0.1, 0.15) is 6.07 Å². The Morgan fingerprint density at radius 2 is 2.05 bits per heavy atom. The van der Waals surface area contributed by atoms with Gasteiger partial charge >= 0.3 is 0 Å². The molecule has 1 fully saturated rings. The van der Waals surface area contributed by atoms with Crippen LogP contribution in [0.15, 0.2) is 28.7 Å². The van der Waals surface area contributed by atoms with Gasteiger partial charge in [-0.3, -0.25) is 0 Å². The molecule has 2 aromatic rings. The first kappa shape index (κ1) is 15.0. The molecular formula is C16H18BrN5. The molecule has 0 N–H and O–H groups in total. The van der Waals surface area contributed by atoms with Gasteiger partial charge in [0.2, 0.25) is 5.69 Å². The summed E-state index contributed by atoms with van der Waals surface area (Å²) in [6.45, 7) is 3.14. The van der Waals surface area contributed by atoms with Crippen molar-refractivity contribution in [2.75, 3.05) is 11.4 Å². The summed E-state index contributed by atoms with van der Waals surface area (Å²) in [5, 5.41) is 18.4. The number of aromatic nitrogens is 3. The minimum atomic E-state index is 0.406. The Bertz CT molecular complexity index is 686. The Morgan fingerprint density at radius 3 is 2.73 bits per heavy atom. The van der Waals surface area contributed by atoms with E-state index in [9.17, 15) is 5.26 Å². The van der Waals surface area contributed by atoms with Crippen LogP contribution in [0.3, 0.4) is 0 Å². The molecule has 1 aromatic heterocycles. The number of benzene rings is 1. The van der Waals surface area contributed by atoms with Crippen molar-refractivity contribution in [3.8, 4) is 11.8 Å². The lowest BCUT2D eigenvalue weighted by Gasteiger charge is -2.35. The average Bonchev–Trinajstić information content (AvgIpc) is 2.99. The molecule has 0 spiro atoms. The molecule has 1 atom stereocenters. The van der Waals surface area contributed by atoms with Gasteiger partial charge in [-0.1, -0.05) is 22.9 Å². The molecule has 6 heteroatoms. The summed E-state index contributed by atoms with van der Waals surface area (Å²) in [5.74, 6) is 0.719. The Labute approximate surface area is 138 Å². The number of nitriles is 1. The van der Waals surface area contributed by atoms with E-state index in [0.717, 1.165) is 41.8 Å². The van der Waals surface area contributed by atoms with E-state index in [2.05, 4.69) is 44.0 Å². The number of halogens is 1. The zero-order valence-corrected chi connectivity index (χ0v) is 14.1. The van der Waals surface area contributed by atoms with Crippen molar-refractivity contribution >= 4 is 21.7 Å². The van der Waals surface area contributed by atoms with Crippen molar-refractivity contribution in [1.82, 2.24) is 15.0 Å². The fraction of sp³-hybridized carbons (Fsp3) is 0.438. The molecule has 1 saturated heterocycles. The van der Waals surface area contributed by atoms with Gasteiger partial charge in [-0.25, -0.2) is 0 Å². The summed E-state index contributed by atoms with van der Waals surface area (Å²) in [7, 11) is 0. The van der Waals surface area contributed by atoms with Crippen LogP contribution >= 0.6 is 15.9 Å². The van der Waals surface area contributed by atoms with Crippen LogP contribution < -0.4 is 4.90 Å². The lowest BCUT2D eigenvalue weighted by Crippen LogP contribution is -2.39. The topological polar surface area (TPSA) is 57.7 Å². The zero-order chi connectivity index (χ0) is 15.5. The van der Waals surface area contributed by atoms with Gasteiger partial charge in [-0.05, 0) is 49.9 Å². The van der Waals surface area contributed by atoms with E-state index in [1.807, 2.05) is 24.3 Å². The molecule has 1 unspecified atom stereocenters. The number of hydrogen-bond acceptors (Lipinski definition) is 4. The Hall–Kier alpha value is -1.87. The fourth-order valence-electron chi connectivity index (χ4n) is 2.96. The molecule has 0 bridgehead atoms. The molecule has 0 radical (unpaired) electrons. The normalized spacial score (nSPS) is 18.2. The zero-order valence-electron chi connectivity index (χ0n) is 12.5. The van der Waals surface area contributed by atoms with E-state index < -0.39 is 0 Å². The van der Waals surface area contributed by atoms with Crippen LogP contribution in [0.1, 0.15) is 38.3 Å². The minimum absolute atomic E-state index is 0.406. The highest BCUT2D eigenvalue weighted by atomic mass is 79.9. The number of rotatable bonds is 3. The second kappa shape index (κ2) is 6.49. The number of nitrogens with zero attached hydrogens (tertiary/aromatic N) is 5. The molecule has 3 rings (SSSR count). The van der Waals surface area contributed by atoms with Gasteiger partial charge in [0.05, 0.1) is 5.69 Å². The van der Waals surface area contributed by atoms with Gasteiger partial charge < -0.3 is 4.90 Å². The van der Waals surface area contributed by atoms with Crippen molar-refractivity contribution in [1.29, 1.82) is 5.26 Å². The first-order valence-corrected chi connectivity index (χ1v) is 8.42. The molecule has 5 nitrogen and oxygen atoms in total. The van der Waals surface area contributed by atoms with Gasteiger partial charge in [0.25, 0.3) is 0 Å². The summed E-state index contributed by atoms with van der Waals surface area (Å²) in [6, 6.07) is 10.4. The maximum absolute atomic E-state index is 9.41. The summed E-state index contributed by atoms with van der Waals surface area (Å²) in [4.78, 5) is 3.81. The highest BCUT2D eigenvalue weighted by Gasteiger charge is 2.26. The molecule has 1 aliphatic rings. The first-order chi connectivity index (χ1) is 10.7. The number of piperidine rings is 1. The largest absolute Gasteiger partial charge is 0.350 e. The molecule has 22 heavy (non-hydrogen) atoms. The second-order valence-corrected chi connectivity index (χ2v) is 6.42. The molecule has 0 saturated carbocycles. The fourth-order valence-corrected chi connectivity index (χ4v) is 3.22. The van der Waals surface area contributed by atoms with Gasteiger partial charge in [0, 0.05) is 17.1 Å². The predicted molar refractivity (Wildman–Crippen MR) is 89.1 cm³/mol. The van der Waals surface area contributed by atoms with E-state index in [1.165, 1.54) is 6.42 Å². The third-order valence-corrected chi connectivity index (χ3v) is 4.66. The minimum Gasteiger partial charge on any atom is -0.350 e. The number of anilines is 1. The van der Waals surface area contributed by atoms with Crippen molar-refractivity contribution in [3.05, 3.63) is 34.4 Å². The van der Waals surface area contributed by atoms with E-state index in [0.29, 0.717) is 11.7 Å². The van der Waals surface area contributed by atoms with Crippen molar-refractivity contribution in [2.24, 2.45) is 0 Å². The molecule has 2 heterocycles. The maximum Gasteiger partial charge on any atom is 0.207 e. The monoisotopic (exact) mass is 359 g/mol. The van der Waals surface area contributed by atoms with Gasteiger partial charge in [-0.15, -0.1) is 15.0 Å². The molecular weight excluding hydrogens is 342 g/mol. The van der Waals surface area contributed by atoms with Crippen LogP contribution in [0, 0.1) is 11.3 Å². The second-order valence-electron chi connectivity index (χ2n) is 5.50. The molecule has 114 valence electrons. The first-order valence-electron chi connectivity index (χ1n) is 7.63. The third kappa shape index (κ3) is 2.86.